The lowest BCUT2D eigenvalue weighted by Gasteiger charge is -2.29. The standard InChI is InChI=1S/C54H36N2O/c1-5-15-35(16-6-1)39-27-28-41-32-47(36-17-7-2-8-18-36)43-30-29-40(33-49(43)48(41)31-39)42-23-13-24-44-45-25-14-26-46(53(45)57-52(42)44)54-55-50(37-19-9-3-10-20-37)34-51(56-54)38-21-11-4-12-22-38/h1-31,33-34,47H,32H2. The molecule has 0 saturated heterocycles. The summed E-state index contributed by atoms with van der Waals surface area (Å²) in [6.07, 6.45) is 0.961. The fourth-order valence-electron chi connectivity index (χ4n) is 8.69. The van der Waals surface area contributed by atoms with Gasteiger partial charge in [0, 0.05) is 33.4 Å². The molecule has 0 radical (unpaired) electrons. The molecule has 8 aromatic carbocycles. The van der Waals surface area contributed by atoms with Gasteiger partial charge in [-0.25, -0.2) is 9.97 Å². The highest BCUT2D eigenvalue weighted by atomic mass is 16.3. The normalized spacial score (nSPS) is 13.4. The Hall–Kier alpha value is -7.36. The maximum Gasteiger partial charge on any atom is 0.164 e. The molecule has 268 valence electrons. The fourth-order valence-corrected chi connectivity index (χ4v) is 8.69. The molecule has 0 bridgehead atoms. The molecular formula is C54H36N2O. The van der Waals surface area contributed by atoms with E-state index in [0.717, 1.165) is 67.6 Å². The largest absolute Gasteiger partial charge is 0.455 e. The molecule has 0 saturated carbocycles. The third-order valence-corrected chi connectivity index (χ3v) is 11.5. The monoisotopic (exact) mass is 728 g/mol. The minimum absolute atomic E-state index is 0.266. The summed E-state index contributed by atoms with van der Waals surface area (Å²) in [5.74, 6) is 0.898. The number of furan rings is 1. The number of rotatable bonds is 6. The smallest absolute Gasteiger partial charge is 0.164 e. The minimum Gasteiger partial charge on any atom is -0.455 e. The summed E-state index contributed by atoms with van der Waals surface area (Å²) >= 11 is 0. The van der Waals surface area contributed by atoms with Crippen molar-refractivity contribution >= 4 is 21.9 Å². The summed E-state index contributed by atoms with van der Waals surface area (Å²) < 4.78 is 7.02. The molecule has 1 aliphatic rings. The number of hydrogen-bond acceptors (Lipinski definition) is 3. The van der Waals surface area contributed by atoms with Crippen molar-refractivity contribution in [2.75, 3.05) is 0 Å². The van der Waals surface area contributed by atoms with Gasteiger partial charge < -0.3 is 4.42 Å². The van der Waals surface area contributed by atoms with Crippen LogP contribution in [0, 0.1) is 0 Å². The molecule has 0 spiro atoms. The zero-order valence-electron chi connectivity index (χ0n) is 31.1. The maximum atomic E-state index is 7.02. The summed E-state index contributed by atoms with van der Waals surface area (Å²) in [5.41, 5.74) is 17.6. The molecule has 3 nitrogen and oxygen atoms in total. The van der Waals surface area contributed by atoms with Crippen LogP contribution in [0.5, 0.6) is 0 Å². The zero-order chi connectivity index (χ0) is 37.7. The quantitative estimate of drug-likeness (QED) is 0.171. The second kappa shape index (κ2) is 13.7. The topological polar surface area (TPSA) is 38.9 Å². The Labute approximate surface area is 331 Å². The van der Waals surface area contributed by atoms with Crippen LogP contribution in [0.3, 0.4) is 0 Å². The highest BCUT2D eigenvalue weighted by Crippen LogP contribution is 2.47. The highest BCUT2D eigenvalue weighted by Gasteiger charge is 2.27. The molecule has 3 heteroatoms. The summed E-state index contributed by atoms with van der Waals surface area (Å²) in [4.78, 5) is 10.3. The van der Waals surface area contributed by atoms with Gasteiger partial charge in [0.15, 0.2) is 5.82 Å². The van der Waals surface area contributed by atoms with Crippen molar-refractivity contribution in [3.63, 3.8) is 0 Å². The van der Waals surface area contributed by atoms with Crippen LogP contribution in [-0.2, 0) is 6.42 Å². The van der Waals surface area contributed by atoms with Crippen molar-refractivity contribution in [2.45, 2.75) is 12.3 Å². The second-order valence-electron chi connectivity index (χ2n) is 14.9. The van der Waals surface area contributed by atoms with E-state index in [4.69, 9.17) is 14.4 Å². The van der Waals surface area contributed by atoms with Crippen molar-refractivity contribution in [1.82, 2.24) is 9.97 Å². The molecule has 0 aliphatic heterocycles. The van der Waals surface area contributed by atoms with Crippen LogP contribution < -0.4 is 0 Å². The first-order valence-corrected chi connectivity index (χ1v) is 19.6. The number of para-hydroxylation sites is 2. The van der Waals surface area contributed by atoms with E-state index in [-0.39, 0.29) is 5.92 Å². The van der Waals surface area contributed by atoms with E-state index in [1.54, 1.807) is 0 Å². The predicted octanol–water partition coefficient (Wildman–Crippen LogP) is 14.1. The van der Waals surface area contributed by atoms with Crippen LogP contribution >= 0.6 is 0 Å². The predicted molar refractivity (Wildman–Crippen MR) is 234 cm³/mol. The Balaban J connectivity index is 1.08. The van der Waals surface area contributed by atoms with Crippen molar-refractivity contribution in [1.29, 1.82) is 0 Å². The van der Waals surface area contributed by atoms with Gasteiger partial charge in [-0.05, 0) is 75.2 Å². The summed E-state index contributed by atoms with van der Waals surface area (Å²) in [5, 5.41) is 2.11. The van der Waals surface area contributed by atoms with Gasteiger partial charge in [-0.15, -0.1) is 0 Å². The molecule has 0 amide bonds. The van der Waals surface area contributed by atoms with E-state index in [9.17, 15) is 0 Å². The van der Waals surface area contributed by atoms with Gasteiger partial charge in [-0.2, -0.15) is 0 Å². The average Bonchev–Trinajstić information content (AvgIpc) is 3.69. The average molecular weight is 729 g/mol. The second-order valence-corrected chi connectivity index (χ2v) is 14.9. The van der Waals surface area contributed by atoms with E-state index >= 15 is 0 Å². The number of benzene rings is 8. The van der Waals surface area contributed by atoms with Gasteiger partial charge in [0.1, 0.15) is 11.2 Å². The lowest BCUT2D eigenvalue weighted by molar-refractivity contribution is 0.670. The van der Waals surface area contributed by atoms with Crippen molar-refractivity contribution in [3.8, 4) is 67.3 Å². The molecule has 1 atom stereocenters. The van der Waals surface area contributed by atoms with Crippen LogP contribution in [0.1, 0.15) is 22.6 Å². The van der Waals surface area contributed by atoms with Crippen LogP contribution in [0.2, 0.25) is 0 Å². The number of fused-ring (bicyclic) bond motifs is 6. The molecule has 57 heavy (non-hydrogen) atoms. The van der Waals surface area contributed by atoms with E-state index in [0.29, 0.717) is 5.82 Å². The van der Waals surface area contributed by atoms with Crippen LogP contribution in [-0.4, -0.2) is 9.97 Å². The van der Waals surface area contributed by atoms with Gasteiger partial charge in [-0.3, -0.25) is 0 Å². The van der Waals surface area contributed by atoms with Crippen LogP contribution in [0.4, 0.5) is 0 Å². The van der Waals surface area contributed by atoms with Gasteiger partial charge in [0.05, 0.1) is 17.0 Å². The lowest BCUT2D eigenvalue weighted by Crippen LogP contribution is -2.13. The van der Waals surface area contributed by atoms with Gasteiger partial charge in [-0.1, -0.05) is 176 Å². The molecule has 1 unspecified atom stereocenters. The Kier molecular flexibility index (Phi) is 7.96. The molecule has 0 N–H and O–H groups in total. The minimum atomic E-state index is 0.266. The Bertz CT molecular complexity index is 3020. The number of aromatic nitrogens is 2. The van der Waals surface area contributed by atoms with E-state index in [1.165, 1.54) is 38.9 Å². The molecule has 0 fully saturated rings. The number of hydrogen-bond donors (Lipinski definition) is 0. The summed E-state index contributed by atoms with van der Waals surface area (Å²) in [6.45, 7) is 0. The van der Waals surface area contributed by atoms with Crippen molar-refractivity contribution in [3.05, 3.63) is 217 Å². The Morgan fingerprint density at radius 1 is 0.386 bits per heavy atom. The lowest BCUT2D eigenvalue weighted by atomic mass is 9.74. The summed E-state index contributed by atoms with van der Waals surface area (Å²) in [7, 11) is 0. The Morgan fingerprint density at radius 2 is 0.930 bits per heavy atom. The van der Waals surface area contributed by atoms with Crippen molar-refractivity contribution in [2.24, 2.45) is 0 Å². The maximum absolute atomic E-state index is 7.02. The fraction of sp³-hybridized carbons (Fsp3) is 0.0370. The molecule has 10 aromatic rings. The third-order valence-electron chi connectivity index (χ3n) is 11.5. The molecule has 11 rings (SSSR count). The first-order valence-electron chi connectivity index (χ1n) is 19.6. The molecule has 2 aromatic heterocycles. The summed E-state index contributed by atoms with van der Waals surface area (Å²) in [6, 6.07) is 71.1. The first-order chi connectivity index (χ1) is 28.2. The van der Waals surface area contributed by atoms with E-state index in [1.807, 2.05) is 36.4 Å². The molecular weight excluding hydrogens is 693 g/mol. The SMILES string of the molecule is c1ccc(-c2ccc3c(c2)-c2cc(-c4cccc5c4oc4c(-c6nc(-c7ccccc7)cc(-c7ccccc7)n6)cccc45)ccc2C(c2ccccc2)C3)cc1. The zero-order valence-corrected chi connectivity index (χ0v) is 31.1. The van der Waals surface area contributed by atoms with Crippen LogP contribution in [0.25, 0.3) is 89.2 Å². The number of nitrogens with zero attached hydrogens (tertiary/aromatic N) is 2. The molecule has 2 heterocycles. The van der Waals surface area contributed by atoms with E-state index < -0.39 is 0 Å². The third kappa shape index (κ3) is 5.84. The first kappa shape index (κ1) is 33.0. The van der Waals surface area contributed by atoms with Gasteiger partial charge in [0.25, 0.3) is 0 Å². The van der Waals surface area contributed by atoms with Gasteiger partial charge in [0.2, 0.25) is 0 Å². The highest BCUT2D eigenvalue weighted by molar-refractivity contribution is 6.13. The van der Waals surface area contributed by atoms with Crippen molar-refractivity contribution < 1.29 is 4.42 Å². The Morgan fingerprint density at radius 3 is 1.58 bits per heavy atom. The van der Waals surface area contributed by atoms with Gasteiger partial charge >= 0.3 is 0 Å². The molecule has 1 aliphatic carbocycles. The van der Waals surface area contributed by atoms with E-state index in [2.05, 4.69) is 164 Å². The van der Waals surface area contributed by atoms with Crippen LogP contribution in [0.15, 0.2) is 205 Å².